The number of carbonyl (C=O) groups is 2. The van der Waals surface area contributed by atoms with Crippen LogP contribution >= 0.6 is 35.7 Å². The van der Waals surface area contributed by atoms with Crippen molar-refractivity contribution in [2.45, 2.75) is 18.2 Å². The van der Waals surface area contributed by atoms with Gasteiger partial charge >= 0.3 is 6.03 Å². The van der Waals surface area contributed by atoms with E-state index < -0.39 is 0 Å². The van der Waals surface area contributed by atoms with Crippen molar-refractivity contribution in [1.29, 1.82) is 0 Å². The summed E-state index contributed by atoms with van der Waals surface area (Å²) in [4.78, 5) is 32.7. The molecule has 28 heavy (non-hydrogen) atoms. The summed E-state index contributed by atoms with van der Waals surface area (Å²) in [6.45, 7) is 5.63. The zero-order chi connectivity index (χ0) is 19.1. The van der Waals surface area contributed by atoms with Gasteiger partial charge < -0.3 is 15.5 Å². The zero-order valence-electron chi connectivity index (χ0n) is 16.1. The average Bonchev–Trinajstić information content (AvgIpc) is 3.28. The van der Waals surface area contributed by atoms with E-state index in [0.717, 1.165) is 37.8 Å². The number of hydrogen-bond donors (Lipinski definition) is 2. The molecule has 0 radical (unpaired) electrons. The molecule has 154 valence electrons. The number of amides is 3. The smallest absolute Gasteiger partial charge is 0.324 e. The Bertz CT molecular complexity index is 672. The van der Waals surface area contributed by atoms with E-state index in [1.807, 2.05) is 24.8 Å². The molecular weight excluding hydrogens is 489 g/mol. The van der Waals surface area contributed by atoms with Crippen LogP contribution in [0.1, 0.15) is 13.3 Å². The molecule has 2 saturated heterocycles. The van der Waals surface area contributed by atoms with Gasteiger partial charge in [0.05, 0.1) is 19.6 Å². The van der Waals surface area contributed by atoms with Gasteiger partial charge in [-0.3, -0.25) is 14.7 Å². The van der Waals surface area contributed by atoms with E-state index >= 15 is 0 Å². The molecule has 0 bridgehead atoms. The largest absolute Gasteiger partial charge is 0.357 e. The molecule has 0 saturated carbocycles. The fraction of sp³-hybridized carbons (Fsp3) is 0.526. The summed E-state index contributed by atoms with van der Waals surface area (Å²) in [5.41, 5.74) is 0. The Morgan fingerprint density at radius 3 is 2.79 bits per heavy atom. The number of thioether (sulfide) groups is 1. The Labute approximate surface area is 187 Å². The van der Waals surface area contributed by atoms with E-state index in [-0.39, 0.29) is 42.5 Å². The van der Waals surface area contributed by atoms with Gasteiger partial charge in [0.1, 0.15) is 0 Å². The number of hydrogen-bond acceptors (Lipinski definition) is 4. The Hall–Kier alpha value is -1.49. The predicted molar refractivity (Wildman–Crippen MR) is 123 cm³/mol. The second-order valence-electron chi connectivity index (χ2n) is 6.66. The third-order valence-corrected chi connectivity index (χ3v) is 5.91. The summed E-state index contributed by atoms with van der Waals surface area (Å²) in [6, 6.07) is 10.2. The van der Waals surface area contributed by atoms with Crippen LogP contribution in [0.2, 0.25) is 0 Å². The number of benzene rings is 1. The van der Waals surface area contributed by atoms with Gasteiger partial charge in [-0.25, -0.2) is 4.79 Å². The maximum Gasteiger partial charge on any atom is 0.324 e. The predicted octanol–water partition coefficient (Wildman–Crippen LogP) is 2.24. The number of rotatable bonds is 7. The minimum absolute atomic E-state index is 0. The topological polar surface area (TPSA) is 77.0 Å². The van der Waals surface area contributed by atoms with Gasteiger partial charge in [0.2, 0.25) is 5.91 Å². The summed E-state index contributed by atoms with van der Waals surface area (Å²) in [7, 11) is 0. The summed E-state index contributed by atoms with van der Waals surface area (Å²) in [6.07, 6.45) is 1.15. The second-order valence-corrected chi connectivity index (χ2v) is 7.76. The average molecular weight is 517 g/mol. The normalized spacial score (nSPS) is 19.6. The maximum atomic E-state index is 11.6. The van der Waals surface area contributed by atoms with E-state index in [9.17, 15) is 9.59 Å². The standard InChI is InChI=1S/C19H27N5O2S.HI/c1-2-20-18(21-9-11-24-17(25)12-22-19(24)26)23-10-8-15(13-23)14-27-16-6-4-3-5-7-16;/h3-7,15H,2,8-14H2,1H3,(H,20,21)(H,22,26);1H. The van der Waals surface area contributed by atoms with Crippen LogP contribution in [-0.4, -0.2) is 72.7 Å². The molecule has 0 aromatic heterocycles. The number of nitrogens with zero attached hydrogens (tertiary/aromatic N) is 3. The Balaban J connectivity index is 0.00000280. The van der Waals surface area contributed by atoms with Crippen molar-refractivity contribution in [3.05, 3.63) is 30.3 Å². The minimum Gasteiger partial charge on any atom is -0.357 e. The quantitative estimate of drug-likeness (QED) is 0.191. The third-order valence-electron chi connectivity index (χ3n) is 4.67. The van der Waals surface area contributed by atoms with E-state index in [0.29, 0.717) is 19.0 Å². The first-order chi connectivity index (χ1) is 13.2. The van der Waals surface area contributed by atoms with Crippen LogP contribution in [0.4, 0.5) is 4.79 Å². The molecule has 3 rings (SSSR count). The molecule has 1 aromatic rings. The minimum atomic E-state index is -0.320. The lowest BCUT2D eigenvalue weighted by molar-refractivity contribution is -0.124. The molecule has 0 aliphatic carbocycles. The van der Waals surface area contributed by atoms with E-state index in [4.69, 9.17) is 0 Å². The van der Waals surface area contributed by atoms with Gasteiger partial charge in [-0.05, 0) is 31.4 Å². The lowest BCUT2D eigenvalue weighted by Gasteiger charge is -2.22. The van der Waals surface area contributed by atoms with Crippen LogP contribution in [0.25, 0.3) is 0 Å². The number of carbonyl (C=O) groups excluding carboxylic acids is 2. The highest BCUT2D eigenvalue weighted by molar-refractivity contribution is 14.0. The van der Waals surface area contributed by atoms with Crippen LogP contribution in [0, 0.1) is 5.92 Å². The van der Waals surface area contributed by atoms with Crippen molar-refractivity contribution in [2.24, 2.45) is 10.9 Å². The molecule has 1 unspecified atom stereocenters. The van der Waals surface area contributed by atoms with Crippen molar-refractivity contribution in [1.82, 2.24) is 20.4 Å². The van der Waals surface area contributed by atoms with Crippen LogP contribution in [0.5, 0.6) is 0 Å². The first kappa shape index (κ1) is 22.8. The van der Waals surface area contributed by atoms with Crippen molar-refractivity contribution >= 4 is 53.6 Å². The molecule has 2 fully saturated rings. The van der Waals surface area contributed by atoms with Crippen LogP contribution in [0.15, 0.2) is 40.2 Å². The van der Waals surface area contributed by atoms with Gasteiger partial charge in [0.25, 0.3) is 0 Å². The van der Waals surface area contributed by atoms with E-state index in [1.54, 1.807) is 0 Å². The van der Waals surface area contributed by atoms with E-state index in [2.05, 4.69) is 44.8 Å². The number of aliphatic imine (C=N–C) groups is 1. The Morgan fingerprint density at radius 2 is 2.11 bits per heavy atom. The number of guanidine groups is 1. The van der Waals surface area contributed by atoms with Gasteiger partial charge in [0, 0.05) is 30.3 Å². The first-order valence-electron chi connectivity index (χ1n) is 9.46. The molecule has 2 heterocycles. The third kappa shape index (κ3) is 6.26. The highest BCUT2D eigenvalue weighted by atomic mass is 127. The number of halogens is 1. The van der Waals surface area contributed by atoms with Crippen molar-refractivity contribution in [3.8, 4) is 0 Å². The first-order valence-corrected chi connectivity index (χ1v) is 10.4. The fourth-order valence-electron chi connectivity index (χ4n) is 3.26. The monoisotopic (exact) mass is 517 g/mol. The summed E-state index contributed by atoms with van der Waals surface area (Å²) in [5, 5.41) is 5.86. The molecule has 7 nitrogen and oxygen atoms in total. The number of likely N-dealkylation sites (tertiary alicyclic amines) is 1. The molecule has 1 atom stereocenters. The zero-order valence-corrected chi connectivity index (χ0v) is 19.2. The van der Waals surface area contributed by atoms with Gasteiger partial charge in [-0.15, -0.1) is 35.7 Å². The van der Waals surface area contributed by atoms with Crippen molar-refractivity contribution in [3.63, 3.8) is 0 Å². The summed E-state index contributed by atoms with van der Waals surface area (Å²) < 4.78 is 0. The maximum absolute atomic E-state index is 11.6. The molecule has 1 aromatic carbocycles. The van der Waals surface area contributed by atoms with E-state index in [1.165, 1.54) is 9.80 Å². The highest BCUT2D eigenvalue weighted by Crippen LogP contribution is 2.25. The van der Waals surface area contributed by atoms with Crippen LogP contribution < -0.4 is 10.6 Å². The van der Waals surface area contributed by atoms with Gasteiger partial charge in [-0.1, -0.05) is 18.2 Å². The lowest BCUT2D eigenvalue weighted by atomic mass is 10.2. The second kappa shape index (κ2) is 11.5. The molecule has 2 N–H and O–H groups in total. The highest BCUT2D eigenvalue weighted by Gasteiger charge is 2.28. The number of imide groups is 1. The Kier molecular flexibility index (Phi) is 9.36. The van der Waals surface area contributed by atoms with Gasteiger partial charge in [0.15, 0.2) is 5.96 Å². The lowest BCUT2D eigenvalue weighted by Crippen LogP contribution is -2.41. The van der Waals surface area contributed by atoms with Crippen LogP contribution in [-0.2, 0) is 4.79 Å². The summed E-state index contributed by atoms with van der Waals surface area (Å²) in [5.74, 6) is 2.42. The molecule has 0 spiro atoms. The molecule has 9 heteroatoms. The SMILES string of the molecule is CCNC(=NCCN1C(=O)CNC1=O)N1CCC(CSc2ccccc2)C1.I. The van der Waals surface area contributed by atoms with Gasteiger partial charge in [-0.2, -0.15) is 0 Å². The number of nitrogens with one attached hydrogen (secondary N) is 2. The summed E-state index contributed by atoms with van der Waals surface area (Å²) >= 11 is 1.90. The molecule has 3 amide bonds. The Morgan fingerprint density at radius 1 is 1.32 bits per heavy atom. The molecular formula is C19H28IN5O2S. The van der Waals surface area contributed by atoms with Crippen molar-refractivity contribution < 1.29 is 9.59 Å². The molecule has 2 aliphatic heterocycles. The molecule has 2 aliphatic rings. The number of urea groups is 1. The fourth-order valence-corrected chi connectivity index (χ4v) is 4.30. The van der Waals surface area contributed by atoms with Crippen molar-refractivity contribution in [2.75, 3.05) is 45.0 Å². The van der Waals surface area contributed by atoms with Crippen LogP contribution in [0.3, 0.4) is 0 Å².